The van der Waals surface area contributed by atoms with Crippen LogP contribution in [0.5, 0.6) is 0 Å². The van der Waals surface area contributed by atoms with Crippen LogP contribution >= 0.6 is 11.3 Å². The van der Waals surface area contributed by atoms with Crippen LogP contribution in [0.25, 0.3) is 16.2 Å². The highest BCUT2D eigenvalue weighted by molar-refractivity contribution is 7.20. The number of likely N-dealkylation sites (tertiary alicyclic amines) is 1. The summed E-state index contributed by atoms with van der Waals surface area (Å²) in [7, 11) is 0. The van der Waals surface area contributed by atoms with Crippen LogP contribution in [-0.2, 0) is 4.74 Å². The van der Waals surface area contributed by atoms with Gasteiger partial charge in [-0.25, -0.2) is 13.9 Å². The van der Waals surface area contributed by atoms with E-state index in [0.29, 0.717) is 12.0 Å². The van der Waals surface area contributed by atoms with E-state index in [1.54, 1.807) is 28.0 Å². The Kier molecular flexibility index (Phi) is 5.00. The molecule has 6 nitrogen and oxygen atoms in total. The van der Waals surface area contributed by atoms with Crippen molar-refractivity contribution in [3.05, 3.63) is 36.3 Å². The predicted molar refractivity (Wildman–Crippen MR) is 108 cm³/mol. The maximum Gasteiger partial charge on any atom is 0.214 e. The second kappa shape index (κ2) is 7.77. The zero-order chi connectivity index (χ0) is 18.9. The minimum absolute atomic E-state index is 0.239. The van der Waals surface area contributed by atoms with Crippen molar-refractivity contribution in [1.29, 1.82) is 0 Å². The van der Waals surface area contributed by atoms with Gasteiger partial charge in [-0.1, -0.05) is 11.3 Å². The van der Waals surface area contributed by atoms with Gasteiger partial charge in [0.15, 0.2) is 0 Å². The lowest BCUT2D eigenvalue weighted by atomic mass is 10.0. The molecule has 0 aliphatic carbocycles. The first kappa shape index (κ1) is 18.0. The maximum absolute atomic E-state index is 13.1. The molecule has 0 amide bonds. The fraction of sp³-hybridized carbons (Fsp3) is 0.500. The molecular formula is C20H24FN5OS. The molecule has 0 spiro atoms. The lowest BCUT2D eigenvalue weighted by Crippen LogP contribution is -2.41. The topological polar surface area (TPSA) is 54.7 Å². The van der Waals surface area contributed by atoms with E-state index in [2.05, 4.69) is 20.3 Å². The number of aromatic nitrogens is 3. The molecular weight excluding hydrogens is 377 g/mol. The second-order valence-electron chi connectivity index (χ2n) is 7.72. The van der Waals surface area contributed by atoms with Crippen LogP contribution in [0.15, 0.2) is 30.5 Å². The third-order valence-electron chi connectivity index (χ3n) is 5.64. The van der Waals surface area contributed by atoms with Gasteiger partial charge in [0.05, 0.1) is 18.5 Å². The van der Waals surface area contributed by atoms with E-state index in [9.17, 15) is 4.39 Å². The van der Waals surface area contributed by atoms with E-state index < -0.39 is 0 Å². The number of nitrogens with one attached hydrogen (secondary N) is 1. The third-order valence-corrected chi connectivity index (χ3v) is 6.49. The number of halogens is 1. The largest absolute Gasteiger partial charge is 0.381 e. The molecule has 4 heterocycles. The van der Waals surface area contributed by atoms with Gasteiger partial charge < -0.3 is 15.0 Å². The average Bonchev–Trinajstić information content (AvgIpc) is 3.41. The second-order valence-corrected chi connectivity index (χ2v) is 8.67. The van der Waals surface area contributed by atoms with Crippen LogP contribution in [0.1, 0.15) is 19.3 Å². The molecule has 2 aromatic heterocycles. The first-order chi connectivity index (χ1) is 13.7. The predicted octanol–water partition coefficient (Wildman–Crippen LogP) is 3.51. The van der Waals surface area contributed by atoms with E-state index in [1.807, 2.05) is 6.20 Å². The Hall–Kier alpha value is -2.03. The Labute approximate surface area is 167 Å². The highest BCUT2D eigenvalue weighted by Gasteiger charge is 2.24. The molecule has 148 valence electrons. The number of imidazole rings is 1. The first-order valence-corrected chi connectivity index (χ1v) is 10.7. The third kappa shape index (κ3) is 3.90. The van der Waals surface area contributed by atoms with Gasteiger partial charge in [0, 0.05) is 37.8 Å². The molecule has 2 aliphatic rings. The van der Waals surface area contributed by atoms with Crippen molar-refractivity contribution in [2.45, 2.75) is 25.3 Å². The van der Waals surface area contributed by atoms with Crippen molar-refractivity contribution in [3.8, 4) is 11.3 Å². The normalized spacial score (nSPS) is 21.5. The van der Waals surface area contributed by atoms with Gasteiger partial charge in [-0.05, 0) is 49.4 Å². The average molecular weight is 402 g/mol. The molecule has 0 bridgehead atoms. The monoisotopic (exact) mass is 401 g/mol. The standard InChI is InChI=1S/C20H24FN5OS/c21-16-3-1-15(2-4-16)18-12-26-20(23-18)28-19(24-26)22-17-5-8-25(9-6-17)11-14-7-10-27-13-14/h1-4,12,14,17H,5-11,13H2,(H,22,24). The van der Waals surface area contributed by atoms with E-state index >= 15 is 0 Å². The number of hydrogen-bond acceptors (Lipinski definition) is 6. The van der Waals surface area contributed by atoms with Gasteiger partial charge in [0.1, 0.15) is 5.82 Å². The summed E-state index contributed by atoms with van der Waals surface area (Å²) in [6.07, 6.45) is 5.38. The summed E-state index contributed by atoms with van der Waals surface area (Å²) in [5.41, 5.74) is 1.71. The molecule has 0 saturated carbocycles. The van der Waals surface area contributed by atoms with Crippen LogP contribution in [-0.4, -0.2) is 58.4 Å². The van der Waals surface area contributed by atoms with Crippen LogP contribution in [0.3, 0.4) is 0 Å². The van der Waals surface area contributed by atoms with Crippen LogP contribution in [0, 0.1) is 11.7 Å². The van der Waals surface area contributed by atoms with Crippen LogP contribution in [0.2, 0.25) is 0 Å². The Morgan fingerprint density at radius 3 is 2.71 bits per heavy atom. The van der Waals surface area contributed by atoms with Gasteiger partial charge in [-0.2, -0.15) is 0 Å². The number of anilines is 1. The number of piperidine rings is 1. The smallest absolute Gasteiger partial charge is 0.214 e. The molecule has 2 saturated heterocycles. The summed E-state index contributed by atoms with van der Waals surface area (Å²) >= 11 is 1.56. The van der Waals surface area contributed by atoms with Crippen molar-refractivity contribution in [1.82, 2.24) is 19.5 Å². The number of hydrogen-bond donors (Lipinski definition) is 1. The van der Waals surface area contributed by atoms with Gasteiger partial charge in [0.2, 0.25) is 10.1 Å². The van der Waals surface area contributed by atoms with Crippen molar-refractivity contribution in [2.75, 3.05) is 38.2 Å². The van der Waals surface area contributed by atoms with Crippen molar-refractivity contribution < 1.29 is 9.13 Å². The summed E-state index contributed by atoms with van der Waals surface area (Å²) < 4.78 is 20.4. The van der Waals surface area contributed by atoms with Crippen LogP contribution in [0.4, 0.5) is 9.52 Å². The molecule has 3 aromatic rings. The molecule has 1 aromatic carbocycles. The number of fused-ring (bicyclic) bond motifs is 1. The quantitative estimate of drug-likeness (QED) is 0.709. The molecule has 28 heavy (non-hydrogen) atoms. The molecule has 1 N–H and O–H groups in total. The fourth-order valence-corrected chi connectivity index (χ4v) is 4.90. The Bertz CT molecular complexity index is 894. The van der Waals surface area contributed by atoms with E-state index in [1.165, 1.54) is 25.1 Å². The van der Waals surface area contributed by atoms with Gasteiger partial charge in [-0.3, -0.25) is 0 Å². The Morgan fingerprint density at radius 1 is 1.18 bits per heavy atom. The number of nitrogens with zero attached hydrogens (tertiary/aromatic N) is 4. The van der Waals surface area contributed by atoms with Crippen molar-refractivity contribution in [3.63, 3.8) is 0 Å². The summed E-state index contributed by atoms with van der Waals surface area (Å²) in [4.78, 5) is 8.05. The number of ether oxygens (including phenoxy) is 1. The molecule has 2 fully saturated rings. The van der Waals surface area contributed by atoms with E-state index in [4.69, 9.17) is 4.74 Å². The fourth-order valence-electron chi connectivity index (χ4n) is 4.05. The van der Waals surface area contributed by atoms with Gasteiger partial charge in [-0.15, -0.1) is 5.10 Å². The molecule has 2 aliphatic heterocycles. The van der Waals surface area contributed by atoms with Crippen molar-refractivity contribution >= 4 is 21.4 Å². The zero-order valence-corrected chi connectivity index (χ0v) is 16.5. The van der Waals surface area contributed by atoms with E-state index in [-0.39, 0.29) is 5.82 Å². The van der Waals surface area contributed by atoms with Gasteiger partial charge >= 0.3 is 0 Å². The minimum Gasteiger partial charge on any atom is -0.381 e. The molecule has 0 radical (unpaired) electrons. The first-order valence-electron chi connectivity index (χ1n) is 9.92. The minimum atomic E-state index is -0.239. The summed E-state index contributed by atoms with van der Waals surface area (Å²) in [5, 5.41) is 9.13. The molecule has 5 rings (SSSR count). The molecule has 8 heteroatoms. The highest BCUT2D eigenvalue weighted by Crippen LogP contribution is 2.26. The molecule has 1 unspecified atom stereocenters. The SMILES string of the molecule is Fc1ccc(-c2cn3nc(NC4CCN(CC5CCOC5)CC4)sc3n2)cc1. The highest BCUT2D eigenvalue weighted by atomic mass is 32.1. The molecule has 1 atom stereocenters. The maximum atomic E-state index is 13.1. The van der Waals surface area contributed by atoms with Gasteiger partial charge in [0.25, 0.3) is 0 Å². The summed E-state index contributed by atoms with van der Waals surface area (Å²) in [6, 6.07) is 6.85. The summed E-state index contributed by atoms with van der Waals surface area (Å²) in [6.45, 7) is 5.29. The number of benzene rings is 1. The Morgan fingerprint density at radius 2 is 2.00 bits per heavy atom. The Balaban J connectivity index is 1.18. The summed E-state index contributed by atoms with van der Waals surface area (Å²) in [5.74, 6) is 0.476. The van der Waals surface area contributed by atoms with E-state index in [0.717, 1.165) is 60.5 Å². The van der Waals surface area contributed by atoms with Crippen LogP contribution < -0.4 is 5.32 Å². The van der Waals surface area contributed by atoms with Crippen molar-refractivity contribution in [2.24, 2.45) is 5.92 Å². The zero-order valence-electron chi connectivity index (χ0n) is 15.7. The number of rotatable bonds is 5. The lowest BCUT2D eigenvalue weighted by molar-refractivity contribution is 0.154. The lowest BCUT2D eigenvalue weighted by Gasteiger charge is -2.33.